The number of aromatic nitrogens is 5. The second-order valence-corrected chi connectivity index (χ2v) is 15.2. The van der Waals surface area contributed by atoms with Crippen LogP contribution in [0.3, 0.4) is 0 Å². The Morgan fingerprint density at radius 1 is 1.23 bits per heavy atom. The van der Waals surface area contributed by atoms with Gasteiger partial charge in [-0.1, -0.05) is 19.6 Å². The summed E-state index contributed by atoms with van der Waals surface area (Å²) in [4.78, 5) is 20.9. The van der Waals surface area contributed by atoms with E-state index in [0.717, 1.165) is 34.9 Å². The molecule has 3 aromatic rings. The fraction of sp³-hybridized carbons (Fsp3) is 0.545. The largest absolute Gasteiger partial charge is 0.466 e. The van der Waals surface area contributed by atoms with Gasteiger partial charge in [-0.25, -0.2) is 9.97 Å². The average molecular weight is 444 g/mol. The Bertz CT molecular complexity index is 1040. The Labute approximate surface area is 184 Å². The van der Waals surface area contributed by atoms with Crippen LogP contribution in [0.5, 0.6) is 0 Å². The van der Waals surface area contributed by atoms with Crippen LogP contribution in [-0.4, -0.2) is 51.6 Å². The normalized spacial score (nSPS) is 12.5. The van der Waals surface area contributed by atoms with Crippen molar-refractivity contribution in [2.24, 2.45) is 0 Å². The van der Waals surface area contributed by atoms with Gasteiger partial charge >= 0.3 is 5.97 Å². The molecular formula is C22H33N5O3Si. The van der Waals surface area contributed by atoms with E-state index >= 15 is 0 Å². The van der Waals surface area contributed by atoms with Crippen molar-refractivity contribution in [2.75, 3.05) is 13.2 Å². The predicted molar refractivity (Wildman–Crippen MR) is 123 cm³/mol. The van der Waals surface area contributed by atoms with E-state index in [9.17, 15) is 4.79 Å². The third-order valence-electron chi connectivity index (χ3n) is 5.14. The van der Waals surface area contributed by atoms with Crippen molar-refractivity contribution < 1.29 is 14.3 Å². The summed E-state index contributed by atoms with van der Waals surface area (Å²) < 4.78 is 14.8. The van der Waals surface area contributed by atoms with Gasteiger partial charge in [0.25, 0.3) is 0 Å². The predicted octanol–water partition coefficient (Wildman–Crippen LogP) is 4.30. The Morgan fingerprint density at radius 2 is 2.00 bits per heavy atom. The van der Waals surface area contributed by atoms with Gasteiger partial charge in [0, 0.05) is 38.0 Å². The van der Waals surface area contributed by atoms with Crippen LogP contribution < -0.4 is 0 Å². The first-order valence-electron chi connectivity index (χ1n) is 10.7. The number of fused-ring (bicyclic) bond motifs is 1. The summed E-state index contributed by atoms with van der Waals surface area (Å²) in [6.07, 6.45) is 7.48. The minimum Gasteiger partial charge on any atom is -0.466 e. The summed E-state index contributed by atoms with van der Waals surface area (Å²) in [5, 5.41) is 5.44. The SMILES string of the molecule is CCOC(=O)CC(C)(C)n1cc(-c2ncnc3c2ccn3COCC[Si](C)(C)C)cn1. The molecule has 3 rings (SSSR count). The van der Waals surface area contributed by atoms with Gasteiger partial charge in [0.2, 0.25) is 0 Å². The van der Waals surface area contributed by atoms with Gasteiger partial charge in [-0.3, -0.25) is 9.48 Å². The molecular weight excluding hydrogens is 410 g/mol. The van der Waals surface area contributed by atoms with E-state index in [1.807, 2.05) is 36.9 Å². The number of hydrogen-bond donors (Lipinski definition) is 0. The molecule has 3 heterocycles. The Hall–Kier alpha value is -2.52. The standard InChI is InChI=1S/C22H33N5O3Si/c1-7-30-19(28)12-22(2,3)27-14-17(13-25-27)20-18-8-9-26(21(18)24-15-23-20)16-29-10-11-31(4,5)6/h8-9,13-15H,7,10-12,16H2,1-6H3. The molecule has 0 aliphatic carbocycles. The quantitative estimate of drug-likeness (QED) is 0.264. The van der Waals surface area contributed by atoms with E-state index in [1.165, 1.54) is 0 Å². The van der Waals surface area contributed by atoms with E-state index < -0.39 is 13.6 Å². The molecule has 0 fully saturated rings. The van der Waals surface area contributed by atoms with Gasteiger partial charge in [-0.05, 0) is 32.9 Å². The van der Waals surface area contributed by atoms with E-state index in [0.29, 0.717) is 13.3 Å². The molecule has 8 nitrogen and oxygen atoms in total. The highest BCUT2D eigenvalue weighted by molar-refractivity contribution is 6.76. The monoisotopic (exact) mass is 443 g/mol. The van der Waals surface area contributed by atoms with E-state index in [-0.39, 0.29) is 12.4 Å². The number of hydrogen-bond acceptors (Lipinski definition) is 6. The fourth-order valence-electron chi connectivity index (χ4n) is 3.30. The summed E-state index contributed by atoms with van der Waals surface area (Å²) in [6, 6.07) is 3.14. The van der Waals surface area contributed by atoms with Crippen molar-refractivity contribution >= 4 is 25.1 Å². The lowest BCUT2D eigenvalue weighted by molar-refractivity contribution is -0.145. The molecule has 0 atom stereocenters. The first-order chi connectivity index (χ1) is 14.6. The number of ether oxygens (including phenoxy) is 2. The summed E-state index contributed by atoms with van der Waals surface area (Å²) >= 11 is 0. The number of carbonyl (C=O) groups is 1. The van der Waals surface area contributed by atoms with Crippen LogP contribution in [0.2, 0.25) is 25.7 Å². The van der Waals surface area contributed by atoms with Crippen LogP contribution in [0.15, 0.2) is 31.0 Å². The van der Waals surface area contributed by atoms with Crippen molar-refractivity contribution in [2.45, 2.75) is 65.1 Å². The Balaban J connectivity index is 1.78. The maximum Gasteiger partial charge on any atom is 0.308 e. The first-order valence-corrected chi connectivity index (χ1v) is 14.4. The van der Waals surface area contributed by atoms with Gasteiger partial charge in [-0.2, -0.15) is 5.10 Å². The summed E-state index contributed by atoms with van der Waals surface area (Å²) in [5.74, 6) is -0.236. The molecule has 0 spiro atoms. The lowest BCUT2D eigenvalue weighted by Crippen LogP contribution is -2.30. The molecule has 0 amide bonds. The lowest BCUT2D eigenvalue weighted by atomic mass is 10.0. The zero-order valence-electron chi connectivity index (χ0n) is 19.4. The summed E-state index contributed by atoms with van der Waals surface area (Å²) in [7, 11) is -1.11. The molecule has 0 saturated heterocycles. The average Bonchev–Trinajstić information content (AvgIpc) is 3.32. The van der Waals surface area contributed by atoms with Gasteiger partial charge in [0.05, 0.1) is 30.5 Å². The van der Waals surface area contributed by atoms with Gasteiger partial charge in [0.15, 0.2) is 0 Å². The van der Waals surface area contributed by atoms with Crippen LogP contribution in [0, 0.1) is 0 Å². The molecule has 0 N–H and O–H groups in total. The molecule has 0 radical (unpaired) electrons. The van der Waals surface area contributed by atoms with Crippen LogP contribution >= 0.6 is 0 Å². The van der Waals surface area contributed by atoms with Crippen LogP contribution in [0.1, 0.15) is 27.2 Å². The van der Waals surface area contributed by atoms with Gasteiger partial charge < -0.3 is 14.0 Å². The van der Waals surface area contributed by atoms with Crippen molar-refractivity contribution in [3.63, 3.8) is 0 Å². The van der Waals surface area contributed by atoms with Crippen molar-refractivity contribution in [1.82, 2.24) is 24.3 Å². The summed E-state index contributed by atoms with van der Waals surface area (Å²) in [5.41, 5.74) is 2.01. The second kappa shape index (κ2) is 9.31. The fourth-order valence-corrected chi connectivity index (χ4v) is 4.06. The minimum absolute atomic E-state index is 0.236. The molecule has 0 unspecified atom stereocenters. The molecule has 9 heteroatoms. The van der Waals surface area contributed by atoms with E-state index in [4.69, 9.17) is 9.47 Å². The third kappa shape index (κ3) is 5.79. The van der Waals surface area contributed by atoms with Crippen LogP contribution in [0.4, 0.5) is 0 Å². The number of nitrogens with zero attached hydrogens (tertiary/aromatic N) is 5. The maximum absolute atomic E-state index is 12.0. The lowest BCUT2D eigenvalue weighted by Gasteiger charge is -2.24. The Kier molecular flexibility index (Phi) is 6.95. The van der Waals surface area contributed by atoms with Gasteiger partial charge in [-0.15, -0.1) is 0 Å². The molecule has 0 aromatic carbocycles. The molecule has 3 aromatic heterocycles. The number of carbonyl (C=O) groups excluding carboxylic acids is 1. The zero-order chi connectivity index (χ0) is 22.6. The number of rotatable bonds is 10. The second-order valence-electron chi connectivity index (χ2n) is 9.56. The molecule has 0 aliphatic rings. The minimum atomic E-state index is -1.11. The highest BCUT2D eigenvalue weighted by Gasteiger charge is 2.26. The van der Waals surface area contributed by atoms with E-state index in [2.05, 4.69) is 34.7 Å². The zero-order valence-corrected chi connectivity index (χ0v) is 20.4. The maximum atomic E-state index is 12.0. The molecule has 0 bridgehead atoms. The molecule has 31 heavy (non-hydrogen) atoms. The number of esters is 1. The van der Waals surface area contributed by atoms with Crippen molar-refractivity contribution in [3.8, 4) is 11.3 Å². The summed E-state index contributed by atoms with van der Waals surface area (Å²) in [6.45, 7) is 14.4. The Morgan fingerprint density at radius 3 is 2.71 bits per heavy atom. The van der Waals surface area contributed by atoms with Crippen molar-refractivity contribution in [1.29, 1.82) is 0 Å². The topological polar surface area (TPSA) is 84.1 Å². The molecule has 0 saturated carbocycles. The van der Waals surface area contributed by atoms with Gasteiger partial charge in [0.1, 0.15) is 18.7 Å². The van der Waals surface area contributed by atoms with Crippen molar-refractivity contribution in [3.05, 3.63) is 31.0 Å². The van der Waals surface area contributed by atoms with Crippen LogP contribution in [-0.2, 0) is 26.5 Å². The smallest absolute Gasteiger partial charge is 0.308 e. The highest BCUT2D eigenvalue weighted by Crippen LogP contribution is 2.28. The molecule has 0 aliphatic heterocycles. The van der Waals surface area contributed by atoms with E-state index in [1.54, 1.807) is 24.1 Å². The highest BCUT2D eigenvalue weighted by atomic mass is 28.3. The first kappa shape index (κ1) is 23.1. The molecule has 168 valence electrons. The third-order valence-corrected chi connectivity index (χ3v) is 6.85. The van der Waals surface area contributed by atoms with Crippen LogP contribution in [0.25, 0.3) is 22.3 Å².